The fourth-order valence-electron chi connectivity index (χ4n) is 2.56. The van der Waals surface area contributed by atoms with Crippen molar-refractivity contribution in [2.75, 3.05) is 20.6 Å². The summed E-state index contributed by atoms with van der Waals surface area (Å²) in [6.07, 6.45) is -1.76. The average molecular weight is 363 g/mol. The fourth-order valence-corrected chi connectivity index (χ4v) is 2.56. The summed E-state index contributed by atoms with van der Waals surface area (Å²) in [5, 5.41) is 2.91. The van der Waals surface area contributed by atoms with Gasteiger partial charge in [-0.1, -0.05) is 42.5 Å². The molecule has 0 aromatic heterocycles. The second kappa shape index (κ2) is 8.67. The van der Waals surface area contributed by atoms with Crippen LogP contribution < -0.4 is 10.2 Å². The van der Waals surface area contributed by atoms with Crippen molar-refractivity contribution in [1.82, 2.24) is 5.32 Å². The zero-order valence-electron chi connectivity index (χ0n) is 14.7. The van der Waals surface area contributed by atoms with E-state index < -0.39 is 11.7 Å². The predicted molar refractivity (Wildman–Crippen MR) is 95.5 cm³/mol. The van der Waals surface area contributed by atoms with E-state index in [1.54, 1.807) is 0 Å². The van der Waals surface area contributed by atoms with Crippen LogP contribution in [-0.2, 0) is 11.0 Å². The number of carbonyl (C=O) groups is 1. The molecule has 138 valence electrons. The minimum atomic E-state index is -4.40. The molecule has 0 heterocycles. The maximum Gasteiger partial charge on any atom is 0.416 e. The highest BCUT2D eigenvalue weighted by atomic mass is 19.4. The second-order valence-electron chi connectivity index (χ2n) is 6.34. The van der Waals surface area contributed by atoms with Crippen LogP contribution in [0.4, 0.5) is 13.2 Å². The fraction of sp³-hybridized carbons (Fsp3) is 0.250. The molecule has 0 spiro atoms. The molecule has 0 unspecified atom stereocenters. The van der Waals surface area contributed by atoms with Gasteiger partial charge in [0.05, 0.1) is 19.7 Å². The van der Waals surface area contributed by atoms with Crippen molar-refractivity contribution in [2.45, 2.75) is 12.2 Å². The highest BCUT2D eigenvalue weighted by molar-refractivity contribution is 5.92. The smallest absolute Gasteiger partial charge is 0.340 e. The highest BCUT2D eigenvalue weighted by Gasteiger charge is 2.30. The molecule has 2 aromatic rings. The Labute approximate surface area is 151 Å². The van der Waals surface area contributed by atoms with Crippen molar-refractivity contribution in [3.8, 4) is 0 Å². The van der Waals surface area contributed by atoms with Crippen LogP contribution in [0, 0.1) is 0 Å². The van der Waals surface area contributed by atoms with E-state index in [4.69, 9.17) is 0 Å². The first-order valence-electron chi connectivity index (χ1n) is 8.25. The van der Waals surface area contributed by atoms with Crippen molar-refractivity contribution in [3.05, 3.63) is 77.4 Å². The van der Waals surface area contributed by atoms with Gasteiger partial charge in [0.25, 0.3) is 0 Å². The third-order valence-electron chi connectivity index (χ3n) is 3.77. The number of likely N-dealkylation sites (N-methyl/N-ethyl adjacent to an activating group) is 1. The quantitative estimate of drug-likeness (QED) is 0.761. The van der Waals surface area contributed by atoms with E-state index in [0.29, 0.717) is 12.1 Å². The number of quaternary nitrogens is 1. The molecule has 2 rings (SSSR count). The third-order valence-corrected chi connectivity index (χ3v) is 3.77. The summed E-state index contributed by atoms with van der Waals surface area (Å²) in [7, 11) is 3.97. The van der Waals surface area contributed by atoms with Crippen LogP contribution in [-0.4, -0.2) is 26.5 Å². The van der Waals surface area contributed by atoms with Crippen LogP contribution in [0.5, 0.6) is 0 Å². The normalized spacial score (nSPS) is 13.2. The zero-order chi connectivity index (χ0) is 19.2. The van der Waals surface area contributed by atoms with Gasteiger partial charge in [-0.3, -0.25) is 4.79 Å². The first-order valence-corrected chi connectivity index (χ1v) is 8.25. The maximum absolute atomic E-state index is 12.7. The van der Waals surface area contributed by atoms with E-state index in [9.17, 15) is 18.0 Å². The van der Waals surface area contributed by atoms with Gasteiger partial charge in [0.15, 0.2) is 0 Å². The predicted octanol–water partition coefficient (Wildman–Crippen LogP) is 2.72. The van der Waals surface area contributed by atoms with E-state index >= 15 is 0 Å². The molecule has 26 heavy (non-hydrogen) atoms. The van der Waals surface area contributed by atoms with E-state index in [1.165, 1.54) is 29.2 Å². The van der Waals surface area contributed by atoms with Crippen LogP contribution in [0.15, 0.2) is 60.7 Å². The Bertz CT molecular complexity index is 755. The largest absolute Gasteiger partial charge is 0.416 e. The first kappa shape index (κ1) is 19.7. The summed E-state index contributed by atoms with van der Waals surface area (Å²) < 4.78 is 38.2. The van der Waals surface area contributed by atoms with Gasteiger partial charge in [-0.2, -0.15) is 13.2 Å². The number of benzene rings is 2. The minimum absolute atomic E-state index is 0.181. The molecule has 0 aliphatic rings. The van der Waals surface area contributed by atoms with Crippen molar-refractivity contribution < 1.29 is 22.9 Å². The standard InChI is InChI=1S/C20H21F3N2O/c1-25(2)14-18(16-8-4-3-5-9-16)24-19(26)12-11-15-7-6-10-17(13-15)20(21,22)23/h3-13,18H,14H2,1-2H3,(H,24,26)/p+1/b12-11+/t18-/m1/s1. The summed E-state index contributed by atoms with van der Waals surface area (Å²) in [5.74, 6) is -0.350. The summed E-state index contributed by atoms with van der Waals surface area (Å²) >= 11 is 0. The van der Waals surface area contributed by atoms with Gasteiger partial charge in [0.1, 0.15) is 12.6 Å². The van der Waals surface area contributed by atoms with Gasteiger partial charge in [0, 0.05) is 6.08 Å². The molecule has 1 atom stereocenters. The van der Waals surface area contributed by atoms with E-state index in [-0.39, 0.29) is 11.9 Å². The Kier molecular flexibility index (Phi) is 6.58. The van der Waals surface area contributed by atoms with Gasteiger partial charge in [-0.25, -0.2) is 0 Å². The van der Waals surface area contributed by atoms with Crippen molar-refractivity contribution in [2.24, 2.45) is 0 Å². The molecule has 0 bridgehead atoms. The molecule has 0 saturated heterocycles. The Morgan fingerprint density at radius 1 is 1.12 bits per heavy atom. The average Bonchev–Trinajstić information content (AvgIpc) is 2.59. The molecular formula is C20H22F3N2O+. The van der Waals surface area contributed by atoms with Gasteiger partial charge >= 0.3 is 6.18 Å². The molecule has 2 N–H and O–H groups in total. The number of hydrogen-bond donors (Lipinski definition) is 2. The number of nitrogens with one attached hydrogen (secondary N) is 2. The van der Waals surface area contributed by atoms with Crippen LogP contribution in [0.3, 0.4) is 0 Å². The lowest BCUT2D eigenvalue weighted by Crippen LogP contribution is -3.06. The molecule has 3 nitrogen and oxygen atoms in total. The SMILES string of the molecule is C[NH+](C)C[C@@H](NC(=O)/C=C/c1cccc(C(F)(F)F)c1)c1ccccc1. The van der Waals surface area contributed by atoms with Gasteiger partial charge in [-0.15, -0.1) is 0 Å². The number of halogens is 3. The molecule has 0 saturated carbocycles. The Morgan fingerprint density at radius 2 is 1.81 bits per heavy atom. The van der Waals surface area contributed by atoms with Gasteiger partial charge in [-0.05, 0) is 29.3 Å². The number of hydrogen-bond acceptors (Lipinski definition) is 1. The molecule has 0 aliphatic heterocycles. The monoisotopic (exact) mass is 363 g/mol. The van der Waals surface area contributed by atoms with Crippen molar-refractivity contribution >= 4 is 12.0 Å². The second-order valence-corrected chi connectivity index (χ2v) is 6.34. The van der Waals surface area contributed by atoms with Gasteiger partial charge < -0.3 is 10.2 Å². The molecule has 0 aliphatic carbocycles. The Morgan fingerprint density at radius 3 is 2.42 bits per heavy atom. The van der Waals surface area contributed by atoms with Crippen LogP contribution in [0.1, 0.15) is 22.7 Å². The van der Waals surface area contributed by atoms with Crippen LogP contribution in [0.25, 0.3) is 6.08 Å². The third kappa shape index (κ3) is 6.04. The number of alkyl halides is 3. The molecule has 0 fully saturated rings. The zero-order valence-corrected chi connectivity index (χ0v) is 14.7. The van der Waals surface area contributed by atoms with Gasteiger partial charge in [0.2, 0.25) is 5.91 Å². The highest BCUT2D eigenvalue weighted by Crippen LogP contribution is 2.29. The Hall–Kier alpha value is -2.60. The molecular weight excluding hydrogens is 341 g/mol. The number of amides is 1. The summed E-state index contributed by atoms with van der Waals surface area (Å²) in [6.45, 7) is 0.688. The lowest BCUT2D eigenvalue weighted by molar-refractivity contribution is -0.860. The number of carbonyl (C=O) groups excluding carboxylic acids is 1. The van der Waals surface area contributed by atoms with E-state index in [1.807, 2.05) is 44.4 Å². The Balaban J connectivity index is 2.09. The van der Waals surface area contributed by atoms with E-state index in [2.05, 4.69) is 5.32 Å². The topological polar surface area (TPSA) is 33.5 Å². The molecule has 0 radical (unpaired) electrons. The molecule has 2 aromatic carbocycles. The minimum Gasteiger partial charge on any atom is -0.340 e. The lowest BCUT2D eigenvalue weighted by atomic mass is 10.1. The summed E-state index contributed by atoms with van der Waals surface area (Å²) in [6, 6.07) is 14.3. The molecule has 6 heteroatoms. The summed E-state index contributed by atoms with van der Waals surface area (Å²) in [5.41, 5.74) is 0.567. The number of rotatable bonds is 6. The summed E-state index contributed by atoms with van der Waals surface area (Å²) in [4.78, 5) is 13.4. The van der Waals surface area contributed by atoms with Crippen molar-refractivity contribution in [3.63, 3.8) is 0 Å². The first-order chi connectivity index (χ1) is 12.3. The van der Waals surface area contributed by atoms with E-state index in [0.717, 1.165) is 17.7 Å². The maximum atomic E-state index is 12.7. The molecule has 1 amide bonds. The lowest BCUT2D eigenvalue weighted by Gasteiger charge is -2.20. The van der Waals surface area contributed by atoms with Crippen LogP contribution in [0.2, 0.25) is 0 Å². The van der Waals surface area contributed by atoms with Crippen LogP contribution >= 0.6 is 0 Å². The van der Waals surface area contributed by atoms with Crippen molar-refractivity contribution in [1.29, 1.82) is 0 Å².